The molecule has 0 N–H and O–H groups in total. The van der Waals surface area contributed by atoms with E-state index in [-0.39, 0.29) is 0 Å². The second-order valence-corrected chi connectivity index (χ2v) is 8.81. The van der Waals surface area contributed by atoms with Crippen LogP contribution in [0.1, 0.15) is 17.5 Å². The normalized spacial score (nSPS) is 13.1. The van der Waals surface area contributed by atoms with Gasteiger partial charge in [0.05, 0.1) is 27.2 Å². The van der Waals surface area contributed by atoms with Gasteiger partial charge >= 0.3 is 0 Å². The number of hydrogen-bond acceptors (Lipinski definition) is 5. The minimum Gasteiger partial charge on any atom is -0.340 e. The molecular formula is C24H17N3S2. The minimum absolute atomic E-state index is 0.597. The van der Waals surface area contributed by atoms with Crippen molar-refractivity contribution >= 4 is 56.3 Å². The lowest BCUT2D eigenvalue weighted by atomic mass is 10.1. The van der Waals surface area contributed by atoms with E-state index < -0.39 is 0 Å². The van der Waals surface area contributed by atoms with Crippen molar-refractivity contribution in [2.24, 2.45) is 0 Å². The Kier molecular flexibility index (Phi) is 4.59. The number of thiazole rings is 1. The summed E-state index contributed by atoms with van der Waals surface area (Å²) in [5.41, 5.74) is 5.02. The molecule has 140 valence electrons. The first kappa shape index (κ1) is 18.0. The first-order valence-corrected chi connectivity index (χ1v) is 11.1. The SMILES string of the molecule is CCN1c2ccccc2Sc2cc(/C=C(\C#N)c3nc4ccccc4s3)ccc21. The summed E-state index contributed by atoms with van der Waals surface area (Å²) < 4.78 is 1.10. The first-order valence-electron chi connectivity index (χ1n) is 9.43. The van der Waals surface area contributed by atoms with Crippen LogP contribution in [0.4, 0.5) is 11.4 Å². The number of aromatic nitrogens is 1. The summed E-state index contributed by atoms with van der Waals surface area (Å²) in [6.45, 7) is 3.08. The molecule has 0 unspecified atom stereocenters. The van der Waals surface area contributed by atoms with Crippen LogP contribution in [0.3, 0.4) is 0 Å². The molecule has 1 aliphatic heterocycles. The summed E-state index contributed by atoms with van der Waals surface area (Å²) in [6.07, 6.45) is 1.94. The zero-order valence-corrected chi connectivity index (χ0v) is 17.4. The lowest BCUT2D eigenvalue weighted by Gasteiger charge is -2.32. The van der Waals surface area contributed by atoms with Gasteiger partial charge in [-0.15, -0.1) is 11.3 Å². The number of allylic oxidation sites excluding steroid dienone is 1. The van der Waals surface area contributed by atoms with E-state index in [1.54, 1.807) is 23.1 Å². The molecule has 0 aliphatic carbocycles. The lowest BCUT2D eigenvalue weighted by Crippen LogP contribution is -2.19. The number of anilines is 2. The van der Waals surface area contributed by atoms with E-state index in [9.17, 15) is 5.26 Å². The molecule has 0 radical (unpaired) electrons. The van der Waals surface area contributed by atoms with Gasteiger partial charge < -0.3 is 4.90 Å². The van der Waals surface area contributed by atoms with E-state index in [0.717, 1.165) is 27.3 Å². The van der Waals surface area contributed by atoms with Crippen molar-refractivity contribution in [3.63, 3.8) is 0 Å². The Labute approximate surface area is 177 Å². The second kappa shape index (κ2) is 7.40. The zero-order chi connectivity index (χ0) is 19.8. The van der Waals surface area contributed by atoms with Crippen molar-refractivity contribution in [2.75, 3.05) is 11.4 Å². The highest BCUT2D eigenvalue weighted by molar-refractivity contribution is 7.99. The van der Waals surface area contributed by atoms with E-state index in [4.69, 9.17) is 0 Å². The van der Waals surface area contributed by atoms with Crippen LogP contribution in [0.2, 0.25) is 0 Å². The Morgan fingerprint density at radius 1 is 1.03 bits per heavy atom. The molecular weight excluding hydrogens is 394 g/mol. The summed E-state index contributed by atoms with van der Waals surface area (Å²) in [6, 6.07) is 25.2. The van der Waals surface area contributed by atoms with Crippen LogP contribution in [0, 0.1) is 11.3 Å². The molecule has 1 aliphatic rings. The van der Waals surface area contributed by atoms with Gasteiger partial charge in [0.15, 0.2) is 0 Å². The maximum absolute atomic E-state index is 9.75. The molecule has 0 saturated carbocycles. The van der Waals surface area contributed by atoms with Gasteiger partial charge in [-0.1, -0.05) is 42.1 Å². The smallest absolute Gasteiger partial charge is 0.135 e. The van der Waals surface area contributed by atoms with E-state index in [0.29, 0.717) is 5.57 Å². The third kappa shape index (κ3) is 3.21. The largest absolute Gasteiger partial charge is 0.340 e. The number of nitriles is 1. The van der Waals surface area contributed by atoms with Crippen molar-refractivity contribution in [2.45, 2.75) is 16.7 Å². The molecule has 3 nitrogen and oxygen atoms in total. The molecule has 2 heterocycles. The fraction of sp³-hybridized carbons (Fsp3) is 0.0833. The Morgan fingerprint density at radius 3 is 2.66 bits per heavy atom. The summed E-state index contributed by atoms with van der Waals surface area (Å²) >= 11 is 3.34. The summed E-state index contributed by atoms with van der Waals surface area (Å²) in [7, 11) is 0. The minimum atomic E-state index is 0.597. The zero-order valence-electron chi connectivity index (χ0n) is 15.8. The molecule has 0 saturated heterocycles. The van der Waals surface area contributed by atoms with Crippen LogP contribution >= 0.6 is 23.1 Å². The molecule has 0 fully saturated rings. The van der Waals surface area contributed by atoms with Crippen LogP contribution in [0.15, 0.2) is 76.5 Å². The number of nitrogens with zero attached hydrogens (tertiary/aromatic N) is 3. The highest BCUT2D eigenvalue weighted by Crippen LogP contribution is 2.48. The average Bonchev–Trinajstić information content (AvgIpc) is 3.19. The number of rotatable bonds is 3. The number of para-hydroxylation sites is 2. The van der Waals surface area contributed by atoms with Gasteiger partial charge in [-0.2, -0.15) is 5.26 Å². The van der Waals surface area contributed by atoms with Crippen LogP contribution in [-0.2, 0) is 0 Å². The molecule has 29 heavy (non-hydrogen) atoms. The monoisotopic (exact) mass is 411 g/mol. The molecule has 0 spiro atoms. The van der Waals surface area contributed by atoms with Crippen LogP contribution < -0.4 is 4.90 Å². The first-order chi connectivity index (χ1) is 14.3. The van der Waals surface area contributed by atoms with Gasteiger partial charge in [0.1, 0.15) is 11.1 Å². The third-order valence-corrected chi connectivity index (χ3v) is 7.10. The lowest BCUT2D eigenvalue weighted by molar-refractivity contribution is 0.979. The van der Waals surface area contributed by atoms with Crippen molar-refractivity contribution in [3.8, 4) is 6.07 Å². The average molecular weight is 412 g/mol. The van der Waals surface area contributed by atoms with E-state index >= 15 is 0 Å². The Morgan fingerprint density at radius 2 is 1.83 bits per heavy atom. The van der Waals surface area contributed by atoms with Crippen molar-refractivity contribution < 1.29 is 0 Å². The fourth-order valence-electron chi connectivity index (χ4n) is 3.58. The molecule has 0 amide bonds. The molecule has 4 aromatic rings. The molecule has 3 aromatic carbocycles. The van der Waals surface area contributed by atoms with Gasteiger partial charge in [-0.25, -0.2) is 4.98 Å². The Balaban J connectivity index is 1.55. The highest BCUT2D eigenvalue weighted by atomic mass is 32.2. The van der Waals surface area contributed by atoms with Crippen LogP contribution in [-0.4, -0.2) is 11.5 Å². The molecule has 0 atom stereocenters. The van der Waals surface area contributed by atoms with Gasteiger partial charge in [0.2, 0.25) is 0 Å². The molecule has 0 bridgehead atoms. The van der Waals surface area contributed by atoms with E-state index in [2.05, 4.69) is 65.3 Å². The van der Waals surface area contributed by atoms with Crippen LogP contribution in [0.25, 0.3) is 21.9 Å². The maximum atomic E-state index is 9.75. The molecule has 5 heteroatoms. The topological polar surface area (TPSA) is 39.9 Å². The van der Waals surface area contributed by atoms with Gasteiger partial charge in [-0.3, -0.25) is 0 Å². The highest BCUT2D eigenvalue weighted by Gasteiger charge is 2.22. The van der Waals surface area contributed by atoms with Gasteiger partial charge in [0, 0.05) is 16.3 Å². The fourth-order valence-corrected chi connectivity index (χ4v) is 5.65. The maximum Gasteiger partial charge on any atom is 0.135 e. The Hall–Kier alpha value is -3.07. The second-order valence-electron chi connectivity index (χ2n) is 6.70. The van der Waals surface area contributed by atoms with E-state index in [1.807, 2.05) is 30.3 Å². The summed E-state index contributed by atoms with van der Waals surface area (Å²) in [4.78, 5) is 9.45. The molecule has 5 rings (SSSR count). The van der Waals surface area contributed by atoms with Crippen LogP contribution in [0.5, 0.6) is 0 Å². The number of fused-ring (bicyclic) bond motifs is 3. The predicted octanol–water partition coefficient (Wildman–Crippen LogP) is 6.98. The van der Waals surface area contributed by atoms with Crippen molar-refractivity contribution in [1.29, 1.82) is 5.26 Å². The third-order valence-electron chi connectivity index (χ3n) is 4.92. The summed E-state index contributed by atoms with van der Waals surface area (Å²) in [5, 5.41) is 10.5. The summed E-state index contributed by atoms with van der Waals surface area (Å²) in [5.74, 6) is 0. The van der Waals surface area contributed by atoms with Crippen molar-refractivity contribution in [3.05, 3.63) is 77.3 Å². The number of hydrogen-bond donors (Lipinski definition) is 0. The van der Waals surface area contributed by atoms with E-state index in [1.165, 1.54) is 21.2 Å². The quantitative estimate of drug-likeness (QED) is 0.341. The Bertz CT molecular complexity index is 1260. The predicted molar refractivity (Wildman–Crippen MR) is 123 cm³/mol. The number of benzene rings is 3. The van der Waals surface area contributed by atoms with Gasteiger partial charge in [-0.05, 0) is 55.0 Å². The van der Waals surface area contributed by atoms with Gasteiger partial charge in [0.25, 0.3) is 0 Å². The molecule has 1 aromatic heterocycles. The van der Waals surface area contributed by atoms with Crippen molar-refractivity contribution in [1.82, 2.24) is 4.98 Å². The standard InChI is InChI=1S/C24H17N3S2/c1-2-27-19-8-4-6-10-22(19)28-23-14-16(11-12-20(23)27)13-17(15-25)24-26-18-7-3-5-9-21(18)29-24/h3-14H,2H2,1H3/b17-13+.